The van der Waals surface area contributed by atoms with E-state index in [1.54, 1.807) is 7.11 Å². The van der Waals surface area contributed by atoms with Crippen molar-refractivity contribution < 1.29 is 17.9 Å². The second-order valence-electron chi connectivity index (χ2n) is 4.64. The lowest BCUT2D eigenvalue weighted by Crippen LogP contribution is -2.22. The van der Waals surface area contributed by atoms with E-state index in [9.17, 15) is 13.2 Å². The van der Waals surface area contributed by atoms with Crippen molar-refractivity contribution in [2.24, 2.45) is 0 Å². The predicted octanol–water partition coefficient (Wildman–Crippen LogP) is 4.00. The highest BCUT2D eigenvalue weighted by molar-refractivity contribution is 5.38. The minimum atomic E-state index is -4.08. The summed E-state index contributed by atoms with van der Waals surface area (Å²) in [5.41, 5.74) is 2.05. The van der Waals surface area contributed by atoms with Crippen LogP contribution in [0.15, 0.2) is 18.2 Å². The van der Waals surface area contributed by atoms with Gasteiger partial charge in [0.2, 0.25) is 0 Å². The molecule has 5 heteroatoms. The van der Waals surface area contributed by atoms with Gasteiger partial charge in [0.1, 0.15) is 5.75 Å². The molecule has 0 saturated heterocycles. The lowest BCUT2D eigenvalue weighted by atomic mass is 10.0. The molecule has 19 heavy (non-hydrogen) atoms. The minimum absolute atomic E-state index is 0.0382. The van der Waals surface area contributed by atoms with Gasteiger partial charge in [-0.15, -0.1) is 0 Å². The van der Waals surface area contributed by atoms with Crippen molar-refractivity contribution in [1.29, 1.82) is 0 Å². The van der Waals surface area contributed by atoms with Crippen LogP contribution in [0, 0.1) is 6.92 Å². The number of methoxy groups -OCH3 is 1. The number of hydrogen-bond acceptors (Lipinski definition) is 2. The van der Waals surface area contributed by atoms with E-state index in [0.717, 1.165) is 16.9 Å². The fourth-order valence-electron chi connectivity index (χ4n) is 1.89. The van der Waals surface area contributed by atoms with Gasteiger partial charge in [-0.05, 0) is 38.4 Å². The molecule has 0 spiro atoms. The van der Waals surface area contributed by atoms with Crippen molar-refractivity contribution in [3.8, 4) is 5.75 Å². The maximum atomic E-state index is 12.0. The van der Waals surface area contributed by atoms with E-state index in [1.165, 1.54) is 0 Å². The second kappa shape index (κ2) is 6.80. The van der Waals surface area contributed by atoms with Crippen LogP contribution in [0.25, 0.3) is 0 Å². The van der Waals surface area contributed by atoms with Gasteiger partial charge in [0, 0.05) is 18.0 Å². The minimum Gasteiger partial charge on any atom is -0.496 e. The summed E-state index contributed by atoms with van der Waals surface area (Å²) in [6.45, 7) is 4.21. The number of aryl methyl sites for hydroxylation is 1. The molecule has 1 aromatic carbocycles. The summed E-state index contributed by atoms with van der Waals surface area (Å²) in [5.74, 6) is 0.760. The van der Waals surface area contributed by atoms with Gasteiger partial charge in [0.25, 0.3) is 0 Å². The Kier molecular flexibility index (Phi) is 5.66. The van der Waals surface area contributed by atoms with E-state index >= 15 is 0 Å². The molecule has 1 unspecified atom stereocenters. The summed E-state index contributed by atoms with van der Waals surface area (Å²) in [7, 11) is 1.59. The molecule has 0 bridgehead atoms. The molecule has 0 fully saturated rings. The number of nitrogens with one attached hydrogen (secondary N) is 1. The quantitative estimate of drug-likeness (QED) is 0.792. The summed E-state index contributed by atoms with van der Waals surface area (Å²) in [4.78, 5) is 0. The van der Waals surface area contributed by atoms with E-state index in [4.69, 9.17) is 4.74 Å². The molecule has 0 amide bonds. The zero-order valence-corrected chi connectivity index (χ0v) is 11.5. The Morgan fingerprint density at radius 1 is 1.32 bits per heavy atom. The second-order valence-corrected chi connectivity index (χ2v) is 4.64. The molecule has 1 atom stereocenters. The van der Waals surface area contributed by atoms with Crippen LogP contribution >= 0.6 is 0 Å². The summed E-state index contributed by atoms with van der Waals surface area (Å²) >= 11 is 0. The van der Waals surface area contributed by atoms with E-state index < -0.39 is 12.6 Å². The van der Waals surface area contributed by atoms with E-state index in [1.807, 2.05) is 32.0 Å². The number of halogens is 3. The SMILES string of the molecule is COc1cc(C)ccc1C(C)NCCCC(F)(F)F. The summed E-state index contributed by atoms with van der Waals surface area (Å²) in [6, 6.07) is 5.79. The molecular formula is C14H20F3NO. The van der Waals surface area contributed by atoms with Crippen molar-refractivity contribution >= 4 is 0 Å². The first-order valence-corrected chi connectivity index (χ1v) is 6.28. The normalized spacial score (nSPS) is 13.4. The molecular weight excluding hydrogens is 255 g/mol. The van der Waals surface area contributed by atoms with Crippen molar-refractivity contribution in [3.05, 3.63) is 29.3 Å². The molecule has 0 aliphatic carbocycles. The first kappa shape index (κ1) is 15.8. The zero-order chi connectivity index (χ0) is 14.5. The lowest BCUT2D eigenvalue weighted by molar-refractivity contribution is -0.135. The van der Waals surface area contributed by atoms with Crippen LogP contribution in [0.5, 0.6) is 5.75 Å². The molecule has 0 heterocycles. The first-order chi connectivity index (χ1) is 8.83. The van der Waals surface area contributed by atoms with Crippen molar-refractivity contribution in [2.45, 2.75) is 38.9 Å². The summed E-state index contributed by atoms with van der Waals surface area (Å²) < 4.78 is 41.3. The number of rotatable bonds is 6. The summed E-state index contributed by atoms with van der Waals surface area (Å²) in [6.07, 6.45) is -4.74. The van der Waals surface area contributed by atoms with Crippen LogP contribution in [0.2, 0.25) is 0 Å². The topological polar surface area (TPSA) is 21.3 Å². The van der Waals surface area contributed by atoms with E-state index in [0.29, 0.717) is 6.54 Å². The Hall–Kier alpha value is -1.23. The van der Waals surface area contributed by atoms with Crippen molar-refractivity contribution in [2.75, 3.05) is 13.7 Å². The lowest BCUT2D eigenvalue weighted by Gasteiger charge is -2.18. The highest BCUT2D eigenvalue weighted by atomic mass is 19.4. The van der Waals surface area contributed by atoms with Crippen LogP contribution in [-0.2, 0) is 0 Å². The molecule has 0 saturated carbocycles. The van der Waals surface area contributed by atoms with Gasteiger partial charge in [-0.1, -0.05) is 12.1 Å². The number of alkyl halides is 3. The maximum absolute atomic E-state index is 12.0. The summed E-state index contributed by atoms with van der Waals surface area (Å²) in [5, 5.41) is 3.09. The highest BCUT2D eigenvalue weighted by Gasteiger charge is 2.26. The van der Waals surface area contributed by atoms with Gasteiger partial charge in [-0.25, -0.2) is 0 Å². The van der Waals surface area contributed by atoms with Gasteiger partial charge in [-0.2, -0.15) is 13.2 Å². The Morgan fingerprint density at radius 2 is 2.00 bits per heavy atom. The molecule has 1 aromatic rings. The van der Waals surface area contributed by atoms with Gasteiger partial charge in [0.15, 0.2) is 0 Å². The smallest absolute Gasteiger partial charge is 0.389 e. The maximum Gasteiger partial charge on any atom is 0.389 e. The van der Waals surface area contributed by atoms with E-state index in [2.05, 4.69) is 5.32 Å². The number of ether oxygens (including phenoxy) is 1. The van der Waals surface area contributed by atoms with Gasteiger partial charge in [0.05, 0.1) is 7.11 Å². The predicted molar refractivity (Wildman–Crippen MR) is 69.4 cm³/mol. The van der Waals surface area contributed by atoms with Crippen molar-refractivity contribution in [1.82, 2.24) is 5.32 Å². The number of hydrogen-bond donors (Lipinski definition) is 1. The van der Waals surface area contributed by atoms with Gasteiger partial charge < -0.3 is 10.1 Å². The molecule has 0 radical (unpaired) electrons. The standard InChI is InChI=1S/C14H20F3NO/c1-10-5-6-12(13(9-10)19-3)11(2)18-8-4-7-14(15,16)17/h5-6,9,11,18H,4,7-8H2,1-3H3. The third-order valence-corrected chi connectivity index (χ3v) is 2.94. The molecule has 0 aliphatic rings. The Balaban J connectivity index is 2.52. The molecule has 1 rings (SSSR count). The highest BCUT2D eigenvalue weighted by Crippen LogP contribution is 2.26. The van der Waals surface area contributed by atoms with Crippen LogP contribution in [-0.4, -0.2) is 19.8 Å². The van der Waals surface area contributed by atoms with E-state index in [-0.39, 0.29) is 12.5 Å². The van der Waals surface area contributed by atoms with Crippen LogP contribution in [0.3, 0.4) is 0 Å². The average molecular weight is 275 g/mol. The van der Waals surface area contributed by atoms with Gasteiger partial charge >= 0.3 is 6.18 Å². The largest absolute Gasteiger partial charge is 0.496 e. The molecule has 108 valence electrons. The van der Waals surface area contributed by atoms with Crippen LogP contribution in [0.1, 0.15) is 36.9 Å². The average Bonchev–Trinajstić information content (AvgIpc) is 2.33. The van der Waals surface area contributed by atoms with Crippen LogP contribution < -0.4 is 10.1 Å². The molecule has 0 aromatic heterocycles. The van der Waals surface area contributed by atoms with Crippen LogP contribution in [0.4, 0.5) is 13.2 Å². The fourth-order valence-corrected chi connectivity index (χ4v) is 1.89. The fraction of sp³-hybridized carbons (Fsp3) is 0.571. The monoisotopic (exact) mass is 275 g/mol. The zero-order valence-electron chi connectivity index (χ0n) is 11.5. The molecule has 0 aliphatic heterocycles. The first-order valence-electron chi connectivity index (χ1n) is 6.28. The Morgan fingerprint density at radius 3 is 2.58 bits per heavy atom. The third kappa shape index (κ3) is 5.51. The number of benzene rings is 1. The Labute approximate surface area is 112 Å². The van der Waals surface area contributed by atoms with Gasteiger partial charge in [-0.3, -0.25) is 0 Å². The van der Waals surface area contributed by atoms with Crippen molar-refractivity contribution in [3.63, 3.8) is 0 Å². The molecule has 2 nitrogen and oxygen atoms in total. The third-order valence-electron chi connectivity index (χ3n) is 2.94. The Bertz CT molecular complexity index is 404. The molecule has 1 N–H and O–H groups in total.